The first-order chi connectivity index (χ1) is 9.24. The maximum Gasteiger partial charge on any atom is 0.332 e. The highest BCUT2D eigenvalue weighted by atomic mass is 16.5. The quantitative estimate of drug-likeness (QED) is 0.646. The second kappa shape index (κ2) is 6.15. The van der Waals surface area contributed by atoms with Crippen molar-refractivity contribution in [2.45, 2.75) is 0 Å². The number of benzene rings is 1. The van der Waals surface area contributed by atoms with Gasteiger partial charge in [-0.25, -0.2) is 15.2 Å². The van der Waals surface area contributed by atoms with Gasteiger partial charge in [0.05, 0.1) is 6.21 Å². The number of rotatable bonds is 4. The van der Waals surface area contributed by atoms with E-state index >= 15 is 0 Å². The van der Waals surface area contributed by atoms with Gasteiger partial charge < -0.3 is 10.5 Å². The number of aromatic nitrogens is 1. The molecule has 0 aliphatic heterocycles. The Morgan fingerprint density at radius 1 is 1.32 bits per heavy atom. The maximum atomic E-state index is 10.5. The number of carbonyl (C=O) groups excluding carboxylic acids is 1. The fourth-order valence-electron chi connectivity index (χ4n) is 1.36. The Kier molecular flexibility index (Phi) is 4.07. The lowest BCUT2D eigenvalue weighted by atomic mass is 10.2. The molecule has 0 saturated heterocycles. The van der Waals surface area contributed by atoms with E-state index in [0.29, 0.717) is 11.6 Å². The van der Waals surface area contributed by atoms with Gasteiger partial charge in [-0.3, -0.25) is 0 Å². The number of nitrogens with two attached hydrogens (primary N) is 1. The molecule has 1 aromatic heterocycles. The summed E-state index contributed by atoms with van der Waals surface area (Å²) in [6, 6.07) is 11.9. The van der Waals surface area contributed by atoms with Gasteiger partial charge in [0.1, 0.15) is 5.75 Å². The molecule has 0 radical (unpaired) electrons. The Labute approximate surface area is 109 Å². The molecule has 0 fully saturated rings. The first kappa shape index (κ1) is 12.6. The zero-order valence-electron chi connectivity index (χ0n) is 9.98. The van der Waals surface area contributed by atoms with Gasteiger partial charge in [0, 0.05) is 12.3 Å². The van der Waals surface area contributed by atoms with Crippen LogP contribution in [0.3, 0.4) is 0 Å². The minimum absolute atomic E-state index is 0.506. The molecule has 0 bridgehead atoms. The van der Waals surface area contributed by atoms with Crippen LogP contribution < -0.4 is 15.9 Å². The van der Waals surface area contributed by atoms with Gasteiger partial charge in [-0.1, -0.05) is 18.2 Å². The van der Waals surface area contributed by atoms with Gasteiger partial charge in [-0.05, 0) is 23.8 Å². The van der Waals surface area contributed by atoms with Crippen LogP contribution >= 0.6 is 0 Å². The van der Waals surface area contributed by atoms with E-state index in [0.717, 1.165) is 5.56 Å². The number of carbonyl (C=O) groups is 1. The van der Waals surface area contributed by atoms with Crippen LogP contribution in [0.5, 0.6) is 11.6 Å². The van der Waals surface area contributed by atoms with Crippen molar-refractivity contribution in [1.29, 1.82) is 0 Å². The summed E-state index contributed by atoms with van der Waals surface area (Å²) in [6.07, 6.45) is 3.12. The van der Waals surface area contributed by atoms with Crippen LogP contribution in [0.15, 0.2) is 53.8 Å². The third-order valence-electron chi connectivity index (χ3n) is 2.11. The first-order valence-electron chi connectivity index (χ1n) is 5.51. The third kappa shape index (κ3) is 4.12. The zero-order valence-corrected chi connectivity index (χ0v) is 9.98. The van der Waals surface area contributed by atoms with Crippen molar-refractivity contribution in [3.05, 3.63) is 54.2 Å². The number of amides is 2. The van der Waals surface area contributed by atoms with Gasteiger partial charge in [0.15, 0.2) is 0 Å². The van der Waals surface area contributed by atoms with Crippen LogP contribution in [0.4, 0.5) is 4.79 Å². The molecule has 0 spiro atoms. The Morgan fingerprint density at radius 2 is 2.21 bits per heavy atom. The summed E-state index contributed by atoms with van der Waals surface area (Å²) in [4.78, 5) is 14.5. The third-order valence-corrected chi connectivity index (χ3v) is 2.11. The topological polar surface area (TPSA) is 89.6 Å². The monoisotopic (exact) mass is 256 g/mol. The van der Waals surface area contributed by atoms with E-state index in [1.54, 1.807) is 24.4 Å². The highest BCUT2D eigenvalue weighted by Crippen LogP contribution is 2.19. The van der Waals surface area contributed by atoms with Gasteiger partial charge >= 0.3 is 6.03 Å². The van der Waals surface area contributed by atoms with E-state index in [-0.39, 0.29) is 0 Å². The Balaban J connectivity index is 2.07. The highest BCUT2D eigenvalue weighted by Gasteiger charge is 1.98. The Bertz CT molecular complexity index is 584. The number of primary amides is 1. The van der Waals surface area contributed by atoms with E-state index in [1.807, 2.05) is 24.3 Å². The zero-order chi connectivity index (χ0) is 13.5. The predicted octanol–water partition coefficient (Wildman–Crippen LogP) is 1.88. The van der Waals surface area contributed by atoms with Crippen molar-refractivity contribution in [2.24, 2.45) is 10.8 Å². The number of pyridine rings is 1. The SMILES string of the molecule is NC(=O)NN=Cc1cccc(Oc2ccccn2)c1. The molecule has 19 heavy (non-hydrogen) atoms. The minimum Gasteiger partial charge on any atom is -0.439 e. The van der Waals surface area contributed by atoms with Crippen LogP contribution in [0.2, 0.25) is 0 Å². The lowest BCUT2D eigenvalue weighted by Gasteiger charge is -2.04. The molecule has 0 atom stereocenters. The number of hydrazone groups is 1. The first-order valence-corrected chi connectivity index (χ1v) is 5.51. The van der Waals surface area contributed by atoms with E-state index in [2.05, 4.69) is 15.5 Å². The van der Waals surface area contributed by atoms with Gasteiger partial charge in [0.25, 0.3) is 0 Å². The Morgan fingerprint density at radius 3 is 2.95 bits per heavy atom. The van der Waals surface area contributed by atoms with Crippen molar-refractivity contribution >= 4 is 12.2 Å². The predicted molar refractivity (Wildman–Crippen MR) is 71.1 cm³/mol. The number of urea groups is 1. The molecule has 2 aromatic rings. The molecule has 6 nitrogen and oxygen atoms in total. The molecular formula is C13H12N4O2. The number of nitrogens with zero attached hydrogens (tertiary/aromatic N) is 2. The summed E-state index contributed by atoms with van der Waals surface area (Å²) in [7, 11) is 0. The summed E-state index contributed by atoms with van der Waals surface area (Å²) >= 11 is 0. The molecule has 1 heterocycles. The van der Waals surface area contributed by atoms with E-state index in [4.69, 9.17) is 10.5 Å². The summed E-state index contributed by atoms with van der Waals surface area (Å²) in [5, 5.41) is 3.67. The molecule has 0 unspecified atom stereocenters. The molecule has 0 aliphatic carbocycles. The van der Waals surface area contributed by atoms with Crippen molar-refractivity contribution < 1.29 is 9.53 Å². The maximum absolute atomic E-state index is 10.5. The van der Waals surface area contributed by atoms with Crippen LogP contribution in [0, 0.1) is 0 Å². The van der Waals surface area contributed by atoms with Crippen LogP contribution in [-0.2, 0) is 0 Å². The fraction of sp³-hybridized carbons (Fsp3) is 0. The molecule has 6 heteroatoms. The van der Waals surface area contributed by atoms with E-state index < -0.39 is 6.03 Å². The molecule has 0 aliphatic rings. The van der Waals surface area contributed by atoms with Gasteiger partial charge in [-0.2, -0.15) is 5.10 Å². The molecule has 96 valence electrons. The van der Waals surface area contributed by atoms with Crippen LogP contribution in [0.25, 0.3) is 0 Å². The number of ether oxygens (including phenoxy) is 1. The lowest BCUT2D eigenvalue weighted by Crippen LogP contribution is -2.24. The Hall–Kier alpha value is -2.89. The molecule has 0 saturated carbocycles. The van der Waals surface area contributed by atoms with Gasteiger partial charge in [-0.15, -0.1) is 0 Å². The van der Waals surface area contributed by atoms with Crippen molar-refractivity contribution in [3.63, 3.8) is 0 Å². The standard InChI is InChI=1S/C13H12N4O2/c14-13(18)17-16-9-10-4-3-5-11(8-10)19-12-6-1-2-7-15-12/h1-9H,(H3,14,17,18). The second-order valence-corrected chi connectivity index (χ2v) is 3.58. The molecule has 3 N–H and O–H groups in total. The smallest absolute Gasteiger partial charge is 0.332 e. The molecule has 2 rings (SSSR count). The second-order valence-electron chi connectivity index (χ2n) is 3.58. The van der Waals surface area contributed by atoms with Crippen molar-refractivity contribution in [3.8, 4) is 11.6 Å². The minimum atomic E-state index is -0.711. The van der Waals surface area contributed by atoms with Crippen molar-refractivity contribution in [1.82, 2.24) is 10.4 Å². The lowest BCUT2D eigenvalue weighted by molar-refractivity contribution is 0.249. The number of hydrogen-bond donors (Lipinski definition) is 2. The molecule has 1 aromatic carbocycles. The average molecular weight is 256 g/mol. The molecular weight excluding hydrogens is 244 g/mol. The summed E-state index contributed by atoms with van der Waals surface area (Å²) < 4.78 is 5.56. The van der Waals surface area contributed by atoms with Crippen LogP contribution in [-0.4, -0.2) is 17.2 Å². The average Bonchev–Trinajstić information content (AvgIpc) is 2.40. The summed E-state index contributed by atoms with van der Waals surface area (Å²) in [5.41, 5.74) is 7.78. The summed E-state index contributed by atoms with van der Waals surface area (Å²) in [6.45, 7) is 0. The summed E-state index contributed by atoms with van der Waals surface area (Å²) in [5.74, 6) is 1.13. The van der Waals surface area contributed by atoms with Gasteiger partial charge in [0.2, 0.25) is 5.88 Å². The highest BCUT2D eigenvalue weighted by molar-refractivity contribution is 5.81. The molecule has 2 amide bonds. The van der Waals surface area contributed by atoms with Crippen molar-refractivity contribution in [2.75, 3.05) is 0 Å². The fourth-order valence-corrected chi connectivity index (χ4v) is 1.36. The van der Waals surface area contributed by atoms with E-state index in [1.165, 1.54) is 6.21 Å². The normalized spacial score (nSPS) is 10.3. The number of hydrogen-bond acceptors (Lipinski definition) is 4. The van der Waals surface area contributed by atoms with E-state index in [9.17, 15) is 4.79 Å². The van der Waals surface area contributed by atoms with Crippen LogP contribution in [0.1, 0.15) is 5.56 Å². The number of nitrogens with one attached hydrogen (secondary N) is 1. The largest absolute Gasteiger partial charge is 0.439 e.